The first-order chi connectivity index (χ1) is 12.9. The molecule has 0 N–H and O–H groups in total. The van der Waals surface area contributed by atoms with E-state index in [4.69, 9.17) is 23.2 Å². The van der Waals surface area contributed by atoms with Crippen molar-refractivity contribution in [3.8, 4) is 0 Å². The zero-order valence-electron chi connectivity index (χ0n) is 14.3. The molecule has 1 aliphatic heterocycles. The van der Waals surface area contributed by atoms with Crippen molar-refractivity contribution in [3.05, 3.63) is 73.2 Å². The minimum Gasteiger partial charge on any atom is -0.286 e. The molecular formula is C18H15Cl2N3O3S. The lowest BCUT2D eigenvalue weighted by Gasteiger charge is -2.19. The average molecular weight is 424 g/mol. The Labute approximate surface area is 170 Å². The van der Waals surface area contributed by atoms with Gasteiger partial charge in [0, 0.05) is 39.5 Å². The van der Waals surface area contributed by atoms with Gasteiger partial charge in [0.15, 0.2) is 5.17 Å². The highest BCUT2D eigenvalue weighted by atomic mass is 35.5. The number of amides is 1. The normalized spacial score (nSPS) is 13.6. The Balaban J connectivity index is 1.77. The van der Waals surface area contributed by atoms with E-state index in [0.717, 1.165) is 5.56 Å². The van der Waals surface area contributed by atoms with Gasteiger partial charge < -0.3 is 0 Å². The van der Waals surface area contributed by atoms with E-state index in [0.29, 0.717) is 45.2 Å². The molecule has 6 nitrogen and oxygen atoms in total. The summed E-state index contributed by atoms with van der Waals surface area (Å²) in [5, 5.41) is 12.8. The first-order valence-electron chi connectivity index (χ1n) is 8.05. The van der Waals surface area contributed by atoms with E-state index < -0.39 is 4.92 Å². The van der Waals surface area contributed by atoms with E-state index in [2.05, 4.69) is 4.99 Å². The fraction of sp³-hybridized carbons (Fsp3) is 0.222. The summed E-state index contributed by atoms with van der Waals surface area (Å²) in [6.07, 6.45) is 0. The highest BCUT2D eigenvalue weighted by Gasteiger charge is 2.28. The van der Waals surface area contributed by atoms with E-state index in [1.54, 1.807) is 30.0 Å². The molecule has 0 unspecified atom stereocenters. The van der Waals surface area contributed by atoms with Gasteiger partial charge in [0.1, 0.15) is 0 Å². The Morgan fingerprint density at radius 3 is 2.81 bits per heavy atom. The van der Waals surface area contributed by atoms with E-state index in [-0.39, 0.29) is 11.6 Å². The van der Waals surface area contributed by atoms with Crippen LogP contribution < -0.4 is 0 Å². The molecule has 3 rings (SSSR count). The molecule has 9 heteroatoms. The smallest absolute Gasteiger partial charge is 0.273 e. The van der Waals surface area contributed by atoms with Crippen LogP contribution in [0.25, 0.3) is 0 Å². The molecule has 0 bridgehead atoms. The molecule has 0 fully saturated rings. The molecule has 0 atom stereocenters. The second kappa shape index (κ2) is 8.29. The third-order valence-corrected chi connectivity index (χ3v) is 5.80. The standard InChI is InChI=1S/C18H15Cl2N3O3S/c1-11-14(3-2-4-16(11)23(25)26)17(24)22-8-7-21-18(22)27-10-12-5-6-13(19)9-15(12)20/h2-6,9H,7-8,10H2,1H3. The summed E-state index contributed by atoms with van der Waals surface area (Å²) in [5.74, 6) is 0.245. The SMILES string of the molecule is Cc1c(C(=O)N2CCN=C2SCc2ccc(Cl)cc2Cl)cccc1[N+](=O)[O-]. The fourth-order valence-corrected chi connectivity index (χ4v) is 4.32. The van der Waals surface area contributed by atoms with Crippen LogP contribution >= 0.6 is 35.0 Å². The number of nitro benzene ring substituents is 1. The Kier molecular flexibility index (Phi) is 6.04. The second-order valence-corrected chi connectivity index (χ2v) is 7.64. The summed E-state index contributed by atoms with van der Waals surface area (Å²) in [5.41, 5.74) is 1.48. The minimum absolute atomic E-state index is 0.0702. The van der Waals surface area contributed by atoms with Gasteiger partial charge in [-0.25, -0.2) is 0 Å². The maximum Gasteiger partial charge on any atom is 0.273 e. The fourth-order valence-electron chi connectivity index (χ4n) is 2.72. The summed E-state index contributed by atoms with van der Waals surface area (Å²) < 4.78 is 0. The van der Waals surface area contributed by atoms with Crippen molar-refractivity contribution in [3.63, 3.8) is 0 Å². The van der Waals surface area contributed by atoms with Crippen LogP contribution in [0.15, 0.2) is 41.4 Å². The maximum absolute atomic E-state index is 12.9. The Bertz CT molecular complexity index is 949. The van der Waals surface area contributed by atoms with Gasteiger partial charge in [-0.3, -0.25) is 24.8 Å². The van der Waals surface area contributed by atoms with Crippen LogP contribution in [-0.4, -0.2) is 34.0 Å². The van der Waals surface area contributed by atoms with Gasteiger partial charge in [-0.2, -0.15) is 0 Å². The quantitative estimate of drug-likeness (QED) is 0.514. The zero-order chi connectivity index (χ0) is 19.6. The van der Waals surface area contributed by atoms with Crippen LogP contribution in [0.5, 0.6) is 0 Å². The third kappa shape index (κ3) is 4.26. The number of thioether (sulfide) groups is 1. The third-order valence-electron chi connectivity index (χ3n) is 4.15. The molecule has 0 aliphatic carbocycles. The molecule has 0 saturated carbocycles. The van der Waals surface area contributed by atoms with Gasteiger partial charge >= 0.3 is 0 Å². The Morgan fingerprint density at radius 2 is 2.11 bits per heavy atom. The van der Waals surface area contributed by atoms with Gasteiger partial charge in [0.2, 0.25) is 0 Å². The average Bonchev–Trinajstić information content (AvgIpc) is 3.09. The van der Waals surface area contributed by atoms with Gasteiger partial charge in [-0.15, -0.1) is 0 Å². The van der Waals surface area contributed by atoms with Crippen molar-refractivity contribution < 1.29 is 9.72 Å². The zero-order valence-corrected chi connectivity index (χ0v) is 16.6. The molecular weight excluding hydrogens is 409 g/mol. The van der Waals surface area contributed by atoms with Crippen molar-refractivity contribution in [2.45, 2.75) is 12.7 Å². The monoisotopic (exact) mass is 423 g/mol. The molecule has 1 aliphatic rings. The topological polar surface area (TPSA) is 75.8 Å². The first-order valence-corrected chi connectivity index (χ1v) is 9.79. The number of nitrogens with zero attached hydrogens (tertiary/aromatic N) is 3. The molecule has 2 aromatic rings. The minimum atomic E-state index is -0.484. The van der Waals surface area contributed by atoms with Gasteiger partial charge in [-0.1, -0.05) is 47.1 Å². The molecule has 1 amide bonds. The van der Waals surface area contributed by atoms with E-state index in [9.17, 15) is 14.9 Å². The van der Waals surface area contributed by atoms with E-state index in [1.165, 1.54) is 23.9 Å². The number of aliphatic imine (C=N–C) groups is 1. The highest BCUT2D eigenvalue weighted by Crippen LogP contribution is 2.28. The number of hydrogen-bond donors (Lipinski definition) is 0. The van der Waals surface area contributed by atoms with Gasteiger partial charge in [0.05, 0.1) is 11.5 Å². The molecule has 0 spiro atoms. The Hall–Kier alpha value is -2.09. The van der Waals surface area contributed by atoms with Crippen LogP contribution in [-0.2, 0) is 5.75 Å². The largest absolute Gasteiger partial charge is 0.286 e. The second-order valence-electron chi connectivity index (χ2n) is 5.85. The summed E-state index contributed by atoms with van der Waals surface area (Å²) in [4.78, 5) is 29.5. The lowest BCUT2D eigenvalue weighted by Crippen LogP contribution is -2.33. The summed E-state index contributed by atoms with van der Waals surface area (Å²) >= 11 is 13.5. The molecule has 1 heterocycles. The lowest BCUT2D eigenvalue weighted by atomic mass is 10.1. The number of nitro groups is 1. The molecule has 2 aromatic carbocycles. The first kappa shape index (κ1) is 19.7. The van der Waals surface area contributed by atoms with Crippen molar-refractivity contribution in [1.82, 2.24) is 4.90 Å². The van der Waals surface area contributed by atoms with Crippen molar-refractivity contribution in [2.24, 2.45) is 4.99 Å². The van der Waals surface area contributed by atoms with Crippen LogP contribution in [0.3, 0.4) is 0 Å². The van der Waals surface area contributed by atoms with Crippen LogP contribution in [0.4, 0.5) is 5.69 Å². The van der Waals surface area contributed by atoms with Gasteiger partial charge in [0.25, 0.3) is 11.6 Å². The number of carbonyl (C=O) groups is 1. The Morgan fingerprint density at radius 1 is 1.33 bits per heavy atom. The van der Waals surface area contributed by atoms with Crippen LogP contribution in [0, 0.1) is 17.0 Å². The number of halogens is 2. The van der Waals surface area contributed by atoms with Gasteiger partial charge in [-0.05, 0) is 30.7 Å². The highest BCUT2D eigenvalue weighted by molar-refractivity contribution is 8.13. The molecule has 0 saturated heterocycles. The maximum atomic E-state index is 12.9. The van der Waals surface area contributed by atoms with Crippen molar-refractivity contribution in [1.29, 1.82) is 0 Å². The van der Waals surface area contributed by atoms with Crippen molar-refractivity contribution >= 4 is 51.7 Å². The molecule has 140 valence electrons. The van der Waals surface area contributed by atoms with Crippen LogP contribution in [0.1, 0.15) is 21.5 Å². The van der Waals surface area contributed by atoms with E-state index >= 15 is 0 Å². The van der Waals surface area contributed by atoms with E-state index in [1.807, 2.05) is 6.07 Å². The molecule has 0 radical (unpaired) electrons. The lowest BCUT2D eigenvalue weighted by molar-refractivity contribution is -0.385. The number of amidine groups is 1. The predicted molar refractivity (Wildman–Crippen MR) is 109 cm³/mol. The predicted octanol–water partition coefficient (Wildman–Crippen LogP) is 4.96. The molecule has 0 aromatic heterocycles. The summed E-state index contributed by atoms with van der Waals surface area (Å²) in [6.45, 7) is 2.52. The number of carbonyl (C=O) groups excluding carboxylic acids is 1. The molecule has 27 heavy (non-hydrogen) atoms. The number of rotatable bonds is 4. The van der Waals surface area contributed by atoms with Crippen molar-refractivity contribution in [2.75, 3.05) is 13.1 Å². The summed E-state index contributed by atoms with van der Waals surface area (Å²) in [6, 6.07) is 9.78. The van der Waals surface area contributed by atoms with Crippen LogP contribution in [0.2, 0.25) is 10.0 Å². The number of benzene rings is 2. The summed E-state index contributed by atoms with van der Waals surface area (Å²) in [7, 11) is 0. The number of hydrogen-bond acceptors (Lipinski definition) is 5.